The van der Waals surface area contributed by atoms with Crippen LogP contribution in [0.15, 0.2) is 22.7 Å². The minimum atomic E-state index is -0.516. The Bertz CT molecular complexity index is 515. The Hall–Kier alpha value is -0.850. The maximum atomic E-state index is 13.6. The Labute approximate surface area is 105 Å². The van der Waals surface area contributed by atoms with Crippen molar-refractivity contribution in [3.8, 4) is 0 Å². The van der Waals surface area contributed by atoms with Gasteiger partial charge in [-0.05, 0) is 36.7 Å². The lowest BCUT2D eigenvalue weighted by molar-refractivity contribution is 0.600. The molecule has 0 spiro atoms. The van der Waals surface area contributed by atoms with Gasteiger partial charge in [-0.3, -0.25) is 0 Å². The molecule has 0 aliphatic heterocycles. The van der Waals surface area contributed by atoms with Gasteiger partial charge >= 0.3 is 0 Å². The molecule has 1 unspecified atom stereocenters. The third-order valence-corrected chi connectivity index (χ3v) is 3.66. The van der Waals surface area contributed by atoms with Crippen LogP contribution in [0.25, 0.3) is 0 Å². The van der Waals surface area contributed by atoms with Crippen molar-refractivity contribution >= 4 is 27.5 Å². The average molecular weight is 302 g/mol. The zero-order valence-corrected chi connectivity index (χ0v) is 10.8. The monoisotopic (exact) mass is 301 g/mol. The Morgan fingerprint density at radius 2 is 2.25 bits per heavy atom. The first kappa shape index (κ1) is 11.6. The fourth-order valence-corrected chi connectivity index (χ4v) is 2.46. The quantitative estimate of drug-likeness (QED) is 0.928. The van der Waals surface area contributed by atoms with Gasteiger partial charge < -0.3 is 5.73 Å². The van der Waals surface area contributed by atoms with E-state index in [0.29, 0.717) is 5.56 Å². The Kier molecular flexibility index (Phi) is 3.32. The summed E-state index contributed by atoms with van der Waals surface area (Å²) in [6.07, 6.45) is 0. The highest BCUT2D eigenvalue weighted by Crippen LogP contribution is 2.28. The van der Waals surface area contributed by atoms with Crippen LogP contribution in [-0.4, -0.2) is 9.59 Å². The smallest absolute Gasteiger partial charge is 0.128 e. The number of nitrogens with zero attached hydrogens (tertiary/aromatic N) is 2. The maximum absolute atomic E-state index is 13.6. The second-order valence-electron chi connectivity index (χ2n) is 3.37. The molecule has 0 aliphatic carbocycles. The predicted octanol–water partition coefficient (Wildman–Crippen LogP) is 2.80. The lowest BCUT2D eigenvalue weighted by Gasteiger charge is -2.11. The molecule has 0 saturated carbocycles. The summed E-state index contributed by atoms with van der Waals surface area (Å²) < 4.78 is 18.2. The summed E-state index contributed by atoms with van der Waals surface area (Å²) in [6, 6.07) is 4.20. The largest absolute Gasteiger partial charge is 0.319 e. The van der Waals surface area contributed by atoms with Crippen LogP contribution >= 0.6 is 27.5 Å². The number of nitrogens with two attached hydrogens (primary N) is 1. The van der Waals surface area contributed by atoms with Crippen molar-refractivity contribution in [1.29, 1.82) is 0 Å². The SMILES string of the molecule is Cc1nnsc1C(N)c1cc(Br)ccc1F. The summed E-state index contributed by atoms with van der Waals surface area (Å²) >= 11 is 4.50. The second kappa shape index (κ2) is 4.57. The fourth-order valence-electron chi connectivity index (χ4n) is 1.42. The second-order valence-corrected chi connectivity index (χ2v) is 5.07. The number of aryl methyl sites for hydroxylation is 1. The summed E-state index contributed by atoms with van der Waals surface area (Å²) in [5, 5.41) is 3.87. The van der Waals surface area contributed by atoms with Crippen LogP contribution in [-0.2, 0) is 0 Å². The van der Waals surface area contributed by atoms with E-state index in [1.165, 1.54) is 17.6 Å². The zero-order valence-electron chi connectivity index (χ0n) is 8.45. The van der Waals surface area contributed by atoms with E-state index < -0.39 is 6.04 Å². The Morgan fingerprint density at radius 3 is 2.88 bits per heavy atom. The van der Waals surface area contributed by atoms with Crippen LogP contribution in [0.3, 0.4) is 0 Å². The normalized spacial score (nSPS) is 12.8. The molecule has 3 nitrogen and oxygen atoms in total. The van der Waals surface area contributed by atoms with Crippen molar-refractivity contribution in [2.75, 3.05) is 0 Å². The number of rotatable bonds is 2. The molecular weight excluding hydrogens is 293 g/mol. The molecule has 1 heterocycles. The Balaban J connectivity index is 2.45. The molecule has 0 saturated heterocycles. The molecule has 1 aromatic carbocycles. The van der Waals surface area contributed by atoms with Crippen molar-refractivity contribution in [3.63, 3.8) is 0 Å². The number of benzene rings is 1. The first-order valence-electron chi connectivity index (χ1n) is 4.59. The van der Waals surface area contributed by atoms with Gasteiger partial charge in [-0.2, -0.15) is 0 Å². The molecule has 2 aromatic rings. The maximum Gasteiger partial charge on any atom is 0.128 e. The Morgan fingerprint density at radius 1 is 1.50 bits per heavy atom. The average Bonchev–Trinajstić information content (AvgIpc) is 2.67. The molecule has 84 valence electrons. The summed E-state index contributed by atoms with van der Waals surface area (Å²) in [7, 11) is 0. The van der Waals surface area contributed by atoms with Crippen LogP contribution < -0.4 is 5.73 Å². The van der Waals surface area contributed by atoms with Crippen molar-refractivity contribution in [3.05, 3.63) is 44.6 Å². The van der Waals surface area contributed by atoms with E-state index in [4.69, 9.17) is 5.73 Å². The van der Waals surface area contributed by atoms with E-state index in [0.717, 1.165) is 15.0 Å². The van der Waals surface area contributed by atoms with Crippen molar-refractivity contribution < 1.29 is 4.39 Å². The van der Waals surface area contributed by atoms with Crippen LogP contribution in [0.2, 0.25) is 0 Å². The molecule has 6 heteroatoms. The molecule has 1 aromatic heterocycles. The molecule has 0 radical (unpaired) electrons. The van der Waals surface area contributed by atoms with Gasteiger partial charge in [-0.25, -0.2) is 4.39 Å². The van der Waals surface area contributed by atoms with Gasteiger partial charge in [0.2, 0.25) is 0 Å². The number of aromatic nitrogens is 2. The van der Waals surface area contributed by atoms with E-state index in [1.807, 2.05) is 6.92 Å². The van der Waals surface area contributed by atoms with Gasteiger partial charge in [0, 0.05) is 10.0 Å². The lowest BCUT2D eigenvalue weighted by Crippen LogP contribution is -2.13. The number of hydrogen-bond acceptors (Lipinski definition) is 4. The van der Waals surface area contributed by atoms with Crippen molar-refractivity contribution in [2.24, 2.45) is 5.73 Å². The van der Waals surface area contributed by atoms with Gasteiger partial charge in [0.1, 0.15) is 5.82 Å². The van der Waals surface area contributed by atoms with Gasteiger partial charge in [-0.15, -0.1) is 5.10 Å². The highest BCUT2D eigenvalue weighted by atomic mass is 79.9. The summed E-state index contributed by atoms with van der Waals surface area (Å²) in [4.78, 5) is 0.789. The third kappa shape index (κ3) is 2.14. The molecule has 1 atom stereocenters. The highest BCUT2D eigenvalue weighted by Gasteiger charge is 2.18. The molecule has 0 amide bonds. The van der Waals surface area contributed by atoms with Crippen molar-refractivity contribution in [2.45, 2.75) is 13.0 Å². The van der Waals surface area contributed by atoms with Gasteiger partial charge in [0.05, 0.1) is 16.6 Å². The fraction of sp³-hybridized carbons (Fsp3) is 0.200. The highest BCUT2D eigenvalue weighted by molar-refractivity contribution is 9.10. The molecule has 0 fully saturated rings. The van der Waals surface area contributed by atoms with E-state index in [1.54, 1.807) is 12.1 Å². The van der Waals surface area contributed by atoms with E-state index in [9.17, 15) is 4.39 Å². The standard InChI is InChI=1S/C10H9BrFN3S/c1-5-10(16-15-14-5)9(13)7-4-6(11)2-3-8(7)12/h2-4,9H,13H2,1H3. The summed E-state index contributed by atoms with van der Waals surface area (Å²) in [5.41, 5.74) is 7.20. The van der Waals surface area contributed by atoms with E-state index in [2.05, 4.69) is 25.5 Å². The van der Waals surface area contributed by atoms with Gasteiger partial charge in [0.25, 0.3) is 0 Å². The first-order chi connectivity index (χ1) is 7.59. The van der Waals surface area contributed by atoms with Crippen molar-refractivity contribution in [1.82, 2.24) is 9.59 Å². The molecular formula is C10H9BrFN3S. The van der Waals surface area contributed by atoms with Gasteiger partial charge in [-0.1, -0.05) is 20.4 Å². The molecule has 2 N–H and O–H groups in total. The molecule has 2 rings (SSSR count). The molecule has 0 bridgehead atoms. The summed E-state index contributed by atoms with van der Waals surface area (Å²) in [6.45, 7) is 1.81. The zero-order chi connectivity index (χ0) is 11.7. The third-order valence-electron chi connectivity index (χ3n) is 2.26. The first-order valence-corrected chi connectivity index (χ1v) is 6.15. The van der Waals surface area contributed by atoms with Crippen LogP contribution in [0.1, 0.15) is 22.2 Å². The minimum absolute atomic E-state index is 0.316. The van der Waals surface area contributed by atoms with E-state index >= 15 is 0 Å². The number of halogens is 2. The topological polar surface area (TPSA) is 51.8 Å². The lowest BCUT2D eigenvalue weighted by atomic mass is 10.0. The minimum Gasteiger partial charge on any atom is -0.319 e. The molecule has 0 aliphatic rings. The van der Waals surface area contributed by atoms with Crippen LogP contribution in [0.4, 0.5) is 4.39 Å². The van der Waals surface area contributed by atoms with Gasteiger partial charge in [0.15, 0.2) is 0 Å². The van der Waals surface area contributed by atoms with Crippen LogP contribution in [0, 0.1) is 12.7 Å². The summed E-state index contributed by atoms with van der Waals surface area (Å²) in [5.74, 6) is -0.316. The van der Waals surface area contributed by atoms with E-state index in [-0.39, 0.29) is 5.82 Å². The number of hydrogen-bond donors (Lipinski definition) is 1. The molecule has 16 heavy (non-hydrogen) atoms. The predicted molar refractivity (Wildman–Crippen MR) is 64.8 cm³/mol. The van der Waals surface area contributed by atoms with Crippen LogP contribution in [0.5, 0.6) is 0 Å².